The monoisotopic (exact) mass is 280 g/mol. The molecule has 0 aliphatic heterocycles. The molecule has 1 unspecified atom stereocenters. The summed E-state index contributed by atoms with van der Waals surface area (Å²) >= 11 is 0. The summed E-state index contributed by atoms with van der Waals surface area (Å²) in [6.07, 6.45) is 0.848. The molecule has 1 atom stereocenters. The minimum Gasteiger partial charge on any atom is -0.480 e. The highest BCUT2D eigenvalue weighted by Gasteiger charge is 2.16. The van der Waals surface area contributed by atoms with E-state index in [4.69, 9.17) is 9.84 Å². The molecular formula is C14H20N2O4. The molecule has 0 radical (unpaired) electrons. The normalized spacial score (nSPS) is 11.6. The minimum atomic E-state index is -1.07. The van der Waals surface area contributed by atoms with Gasteiger partial charge in [-0.15, -0.1) is 0 Å². The van der Waals surface area contributed by atoms with Gasteiger partial charge in [0.25, 0.3) is 0 Å². The van der Waals surface area contributed by atoms with Gasteiger partial charge < -0.3 is 20.1 Å². The maximum absolute atomic E-state index is 12.0. The Balaban J connectivity index is 2.76. The van der Waals surface area contributed by atoms with Gasteiger partial charge in [-0.25, -0.2) is 9.59 Å². The number of amides is 2. The van der Waals surface area contributed by atoms with Crippen LogP contribution in [0.4, 0.5) is 10.5 Å². The number of anilines is 1. The Bertz CT molecular complexity index is 476. The quantitative estimate of drug-likeness (QED) is 0.838. The van der Waals surface area contributed by atoms with Crippen LogP contribution in [0.15, 0.2) is 24.3 Å². The number of carboxylic acid groups (broad SMARTS) is 1. The highest BCUT2D eigenvalue weighted by Crippen LogP contribution is 2.24. The molecular weight excluding hydrogens is 260 g/mol. The molecule has 0 saturated heterocycles. The molecule has 1 aromatic rings. The molecule has 0 aliphatic carbocycles. The number of nitrogens with one attached hydrogen (secondary N) is 1. The van der Waals surface area contributed by atoms with Crippen molar-refractivity contribution in [2.45, 2.75) is 26.3 Å². The van der Waals surface area contributed by atoms with E-state index in [0.29, 0.717) is 11.4 Å². The third-order valence-corrected chi connectivity index (χ3v) is 3.05. The molecule has 2 amide bonds. The molecule has 1 aromatic carbocycles. The maximum Gasteiger partial charge on any atom is 0.341 e. The smallest absolute Gasteiger partial charge is 0.341 e. The highest BCUT2D eigenvalue weighted by molar-refractivity contribution is 5.91. The second-order valence-corrected chi connectivity index (χ2v) is 4.48. The molecule has 0 aromatic heterocycles. The Labute approximate surface area is 118 Å². The van der Waals surface area contributed by atoms with Crippen molar-refractivity contribution >= 4 is 17.7 Å². The first-order valence-corrected chi connectivity index (χ1v) is 6.43. The third kappa shape index (κ3) is 4.46. The molecule has 0 fully saturated rings. The first-order chi connectivity index (χ1) is 9.45. The van der Waals surface area contributed by atoms with Gasteiger partial charge in [0.05, 0.1) is 5.69 Å². The number of benzene rings is 1. The second kappa shape index (κ2) is 7.37. The number of aliphatic carboxylic acids is 1. The number of hydrogen-bond acceptors (Lipinski definition) is 3. The van der Waals surface area contributed by atoms with Crippen LogP contribution in [0.1, 0.15) is 20.3 Å². The fourth-order valence-corrected chi connectivity index (χ4v) is 1.51. The second-order valence-electron chi connectivity index (χ2n) is 4.48. The van der Waals surface area contributed by atoms with Gasteiger partial charge in [-0.3, -0.25) is 0 Å². The highest BCUT2D eigenvalue weighted by atomic mass is 16.5. The van der Waals surface area contributed by atoms with Crippen molar-refractivity contribution in [3.05, 3.63) is 24.3 Å². The molecule has 2 N–H and O–H groups in total. The maximum atomic E-state index is 12.0. The average molecular weight is 280 g/mol. The van der Waals surface area contributed by atoms with Gasteiger partial charge in [0.15, 0.2) is 6.61 Å². The van der Waals surface area contributed by atoms with Crippen LogP contribution in [0.25, 0.3) is 0 Å². The lowest BCUT2D eigenvalue weighted by molar-refractivity contribution is -0.139. The summed E-state index contributed by atoms with van der Waals surface area (Å²) in [6, 6.07) is 6.59. The fourth-order valence-electron chi connectivity index (χ4n) is 1.51. The zero-order valence-electron chi connectivity index (χ0n) is 11.9. The van der Waals surface area contributed by atoms with Gasteiger partial charge >= 0.3 is 12.0 Å². The van der Waals surface area contributed by atoms with Crippen LogP contribution >= 0.6 is 0 Å². The topological polar surface area (TPSA) is 78.9 Å². The predicted octanol–water partition coefficient (Wildman–Crippen LogP) is 2.41. The molecule has 0 aliphatic rings. The zero-order chi connectivity index (χ0) is 15.1. The van der Waals surface area contributed by atoms with Gasteiger partial charge in [0, 0.05) is 13.1 Å². The van der Waals surface area contributed by atoms with Gasteiger partial charge in [-0.05, 0) is 25.5 Å². The van der Waals surface area contributed by atoms with Crippen LogP contribution < -0.4 is 10.1 Å². The lowest BCUT2D eigenvalue weighted by atomic mass is 10.2. The lowest BCUT2D eigenvalue weighted by Gasteiger charge is -2.24. The first-order valence-electron chi connectivity index (χ1n) is 6.43. The molecule has 6 nitrogen and oxygen atoms in total. The number of ether oxygens (including phenoxy) is 1. The summed E-state index contributed by atoms with van der Waals surface area (Å²) in [5.41, 5.74) is 0.453. The number of carbonyl (C=O) groups excluding carboxylic acids is 1. The predicted molar refractivity (Wildman–Crippen MR) is 76.1 cm³/mol. The van der Waals surface area contributed by atoms with E-state index < -0.39 is 12.6 Å². The molecule has 0 spiro atoms. The number of urea groups is 1. The lowest BCUT2D eigenvalue weighted by Crippen LogP contribution is -2.37. The van der Waals surface area contributed by atoms with Crippen molar-refractivity contribution in [3.63, 3.8) is 0 Å². The largest absolute Gasteiger partial charge is 0.480 e. The Hall–Kier alpha value is -2.24. The Morgan fingerprint density at radius 1 is 1.40 bits per heavy atom. The number of para-hydroxylation sites is 2. The van der Waals surface area contributed by atoms with E-state index in [-0.39, 0.29) is 12.1 Å². The molecule has 110 valence electrons. The first kappa shape index (κ1) is 15.8. The van der Waals surface area contributed by atoms with Crippen molar-refractivity contribution in [1.82, 2.24) is 4.90 Å². The summed E-state index contributed by atoms with van der Waals surface area (Å²) in [5, 5.41) is 11.3. The molecule has 0 heterocycles. The van der Waals surface area contributed by atoms with Gasteiger partial charge in [-0.1, -0.05) is 19.1 Å². The summed E-state index contributed by atoms with van der Waals surface area (Å²) < 4.78 is 5.13. The zero-order valence-corrected chi connectivity index (χ0v) is 11.9. The third-order valence-electron chi connectivity index (χ3n) is 3.05. The van der Waals surface area contributed by atoms with Crippen molar-refractivity contribution < 1.29 is 19.4 Å². The number of rotatable bonds is 6. The van der Waals surface area contributed by atoms with E-state index >= 15 is 0 Å². The molecule has 0 saturated carbocycles. The molecule has 1 rings (SSSR count). The molecule has 6 heteroatoms. The van der Waals surface area contributed by atoms with Crippen molar-refractivity contribution in [2.75, 3.05) is 19.0 Å². The van der Waals surface area contributed by atoms with Crippen LogP contribution in [0, 0.1) is 0 Å². The minimum absolute atomic E-state index is 0.113. The van der Waals surface area contributed by atoms with Crippen molar-refractivity contribution in [3.8, 4) is 5.75 Å². The Morgan fingerprint density at radius 3 is 2.65 bits per heavy atom. The summed E-state index contributed by atoms with van der Waals surface area (Å²) in [7, 11) is 1.71. The van der Waals surface area contributed by atoms with E-state index in [1.54, 1.807) is 36.2 Å². The number of carboxylic acids is 1. The van der Waals surface area contributed by atoms with E-state index in [0.717, 1.165) is 6.42 Å². The van der Waals surface area contributed by atoms with E-state index in [1.807, 2.05) is 13.8 Å². The summed E-state index contributed by atoms with van der Waals surface area (Å²) in [5.74, 6) is -0.733. The number of hydrogen-bond donors (Lipinski definition) is 2. The van der Waals surface area contributed by atoms with Gasteiger partial charge in [0.2, 0.25) is 0 Å². The van der Waals surface area contributed by atoms with Crippen LogP contribution in [0.3, 0.4) is 0 Å². The SMILES string of the molecule is CCC(C)N(C)C(=O)Nc1ccccc1OCC(=O)O. The summed E-state index contributed by atoms with van der Waals surface area (Å²) in [4.78, 5) is 24.2. The van der Waals surface area contributed by atoms with Crippen LogP contribution in [-0.2, 0) is 4.79 Å². The number of carbonyl (C=O) groups is 2. The van der Waals surface area contributed by atoms with E-state index in [1.165, 1.54) is 0 Å². The van der Waals surface area contributed by atoms with E-state index in [9.17, 15) is 9.59 Å². The van der Waals surface area contributed by atoms with Crippen LogP contribution in [0.5, 0.6) is 5.75 Å². The molecule has 0 bridgehead atoms. The molecule has 20 heavy (non-hydrogen) atoms. The van der Waals surface area contributed by atoms with Gasteiger partial charge in [0.1, 0.15) is 5.75 Å². The Morgan fingerprint density at radius 2 is 2.05 bits per heavy atom. The fraction of sp³-hybridized carbons (Fsp3) is 0.429. The summed E-state index contributed by atoms with van der Waals surface area (Å²) in [6.45, 7) is 3.50. The standard InChI is InChI=1S/C14H20N2O4/c1-4-10(2)16(3)14(19)15-11-7-5-6-8-12(11)20-9-13(17)18/h5-8,10H,4,9H2,1-3H3,(H,15,19)(H,17,18). The van der Waals surface area contributed by atoms with E-state index in [2.05, 4.69) is 5.32 Å². The van der Waals surface area contributed by atoms with Crippen LogP contribution in [-0.4, -0.2) is 41.7 Å². The van der Waals surface area contributed by atoms with Crippen molar-refractivity contribution in [1.29, 1.82) is 0 Å². The van der Waals surface area contributed by atoms with Crippen LogP contribution in [0.2, 0.25) is 0 Å². The average Bonchev–Trinajstić information content (AvgIpc) is 2.44. The van der Waals surface area contributed by atoms with Crippen molar-refractivity contribution in [2.24, 2.45) is 0 Å². The number of nitrogens with zero attached hydrogens (tertiary/aromatic N) is 1. The van der Waals surface area contributed by atoms with Gasteiger partial charge in [-0.2, -0.15) is 0 Å². The Kier molecular flexibility index (Phi) is 5.83.